The summed E-state index contributed by atoms with van der Waals surface area (Å²) in [6.45, 7) is 13.5. The molecule has 0 amide bonds. The molecule has 0 atom stereocenters. The molecule has 1 rings (SSSR count). The number of ether oxygens (including phenoxy) is 1. The summed E-state index contributed by atoms with van der Waals surface area (Å²) in [6, 6.07) is 6.94. The molecule has 1 N–H and O–H groups in total. The highest BCUT2D eigenvalue weighted by atomic mass is 79.9. The third kappa shape index (κ3) is 6.37. The summed E-state index contributed by atoms with van der Waals surface area (Å²) in [7, 11) is 1.75. The minimum absolute atomic E-state index is 0.111. The Hall–Kier alpha value is -0.580. The fraction of sp³-hybridized carbons (Fsp3) is 0.647. The van der Waals surface area contributed by atoms with Gasteiger partial charge in [-0.1, -0.05) is 22.0 Å². The molecule has 3 nitrogen and oxygen atoms in total. The average molecular weight is 357 g/mol. The molecule has 4 heteroatoms. The van der Waals surface area contributed by atoms with Crippen LogP contribution in [0.4, 0.5) is 5.69 Å². The quantitative estimate of drug-likeness (QED) is 0.792. The van der Waals surface area contributed by atoms with Gasteiger partial charge >= 0.3 is 0 Å². The molecule has 0 spiro atoms. The lowest BCUT2D eigenvalue weighted by atomic mass is 10.1. The predicted molar refractivity (Wildman–Crippen MR) is 95.1 cm³/mol. The Bertz CT molecular complexity index is 441. The SMILES string of the molecule is COCCN(c1cc(Br)ccc1CNC(C)(C)C)C(C)C. The van der Waals surface area contributed by atoms with Gasteiger partial charge in [-0.25, -0.2) is 0 Å². The first-order valence-electron chi connectivity index (χ1n) is 7.53. The number of anilines is 1. The van der Waals surface area contributed by atoms with Crippen LogP contribution in [0.1, 0.15) is 40.2 Å². The van der Waals surface area contributed by atoms with E-state index in [0.717, 1.165) is 24.2 Å². The molecule has 0 aromatic heterocycles. The van der Waals surface area contributed by atoms with Gasteiger partial charge in [0.1, 0.15) is 0 Å². The van der Waals surface area contributed by atoms with Crippen LogP contribution in [0.5, 0.6) is 0 Å². The van der Waals surface area contributed by atoms with Crippen LogP contribution in [0.25, 0.3) is 0 Å². The van der Waals surface area contributed by atoms with Crippen LogP contribution in [0, 0.1) is 0 Å². The Kier molecular flexibility index (Phi) is 7.17. The number of benzene rings is 1. The fourth-order valence-electron chi connectivity index (χ4n) is 2.16. The summed E-state index contributed by atoms with van der Waals surface area (Å²) in [6.07, 6.45) is 0. The maximum Gasteiger partial charge on any atom is 0.0637 e. The summed E-state index contributed by atoms with van der Waals surface area (Å²) in [4.78, 5) is 2.40. The number of hydrogen-bond acceptors (Lipinski definition) is 3. The minimum Gasteiger partial charge on any atom is -0.383 e. The summed E-state index contributed by atoms with van der Waals surface area (Å²) < 4.78 is 6.37. The maximum atomic E-state index is 5.26. The first-order valence-corrected chi connectivity index (χ1v) is 8.33. The monoisotopic (exact) mass is 356 g/mol. The number of rotatable bonds is 7. The van der Waals surface area contributed by atoms with Gasteiger partial charge < -0.3 is 15.0 Å². The summed E-state index contributed by atoms with van der Waals surface area (Å²) >= 11 is 3.59. The van der Waals surface area contributed by atoms with E-state index in [-0.39, 0.29) is 5.54 Å². The van der Waals surface area contributed by atoms with Crippen LogP contribution < -0.4 is 10.2 Å². The second-order valence-electron chi connectivity index (χ2n) is 6.66. The van der Waals surface area contributed by atoms with Gasteiger partial charge in [-0.05, 0) is 52.3 Å². The molecule has 0 saturated carbocycles. The lowest BCUT2D eigenvalue weighted by Gasteiger charge is -2.32. The van der Waals surface area contributed by atoms with Crippen molar-refractivity contribution in [2.24, 2.45) is 0 Å². The second-order valence-corrected chi connectivity index (χ2v) is 7.57. The molecule has 0 bridgehead atoms. The number of halogens is 1. The molecule has 0 fully saturated rings. The zero-order valence-corrected chi connectivity index (χ0v) is 15.8. The van der Waals surface area contributed by atoms with Crippen molar-refractivity contribution in [1.29, 1.82) is 0 Å². The van der Waals surface area contributed by atoms with Gasteiger partial charge in [0.2, 0.25) is 0 Å². The molecule has 0 unspecified atom stereocenters. The Balaban J connectivity index is 3.03. The Morgan fingerprint density at radius 2 is 1.95 bits per heavy atom. The van der Waals surface area contributed by atoms with Crippen molar-refractivity contribution in [2.45, 2.75) is 52.7 Å². The Labute approximate surface area is 138 Å². The number of nitrogens with zero attached hydrogens (tertiary/aromatic N) is 1. The van der Waals surface area contributed by atoms with E-state index in [1.54, 1.807) is 7.11 Å². The van der Waals surface area contributed by atoms with E-state index in [1.807, 2.05) is 0 Å². The van der Waals surface area contributed by atoms with Gasteiger partial charge in [0.25, 0.3) is 0 Å². The van der Waals surface area contributed by atoms with Gasteiger partial charge in [0, 0.05) is 41.9 Å². The van der Waals surface area contributed by atoms with E-state index in [1.165, 1.54) is 11.3 Å². The summed E-state index contributed by atoms with van der Waals surface area (Å²) in [5.41, 5.74) is 2.70. The standard InChI is InChI=1S/C17H29BrN2O/c1-13(2)20(9-10-21-6)16-11-15(18)8-7-14(16)12-19-17(3,4)5/h7-8,11,13,19H,9-10,12H2,1-6H3. The van der Waals surface area contributed by atoms with Crippen LogP contribution in [0.2, 0.25) is 0 Å². The smallest absolute Gasteiger partial charge is 0.0637 e. The molecular formula is C17H29BrN2O. The van der Waals surface area contributed by atoms with Crippen molar-refractivity contribution in [3.05, 3.63) is 28.2 Å². The zero-order chi connectivity index (χ0) is 16.0. The molecule has 21 heavy (non-hydrogen) atoms. The van der Waals surface area contributed by atoms with Gasteiger partial charge in [0.15, 0.2) is 0 Å². The van der Waals surface area contributed by atoms with Gasteiger partial charge in [-0.2, -0.15) is 0 Å². The zero-order valence-electron chi connectivity index (χ0n) is 14.2. The predicted octanol–water partition coefficient (Wildman–Crippen LogP) is 4.20. The number of nitrogens with one attached hydrogen (secondary N) is 1. The first-order chi connectivity index (χ1) is 9.74. The van der Waals surface area contributed by atoms with E-state index < -0.39 is 0 Å². The average Bonchev–Trinajstić information content (AvgIpc) is 2.36. The Morgan fingerprint density at radius 1 is 1.29 bits per heavy atom. The first kappa shape index (κ1) is 18.5. The molecule has 1 aromatic rings. The highest BCUT2D eigenvalue weighted by Crippen LogP contribution is 2.27. The summed E-state index contributed by atoms with van der Waals surface area (Å²) in [5.74, 6) is 0. The van der Waals surface area contributed by atoms with Crippen LogP contribution in [-0.2, 0) is 11.3 Å². The van der Waals surface area contributed by atoms with E-state index in [9.17, 15) is 0 Å². The van der Waals surface area contributed by atoms with Gasteiger partial charge in [-0.15, -0.1) is 0 Å². The molecule has 0 saturated heterocycles. The molecule has 120 valence electrons. The topological polar surface area (TPSA) is 24.5 Å². The molecule has 1 aromatic carbocycles. The van der Waals surface area contributed by atoms with Gasteiger partial charge in [0.05, 0.1) is 6.61 Å². The number of hydrogen-bond donors (Lipinski definition) is 1. The molecule has 0 aliphatic heterocycles. The molecular weight excluding hydrogens is 328 g/mol. The second kappa shape index (κ2) is 8.16. The largest absolute Gasteiger partial charge is 0.383 e. The lowest BCUT2D eigenvalue weighted by molar-refractivity contribution is 0.203. The van der Waals surface area contributed by atoms with E-state index >= 15 is 0 Å². The normalized spacial score (nSPS) is 12.0. The maximum absolute atomic E-state index is 5.26. The van der Waals surface area contributed by atoms with E-state index in [0.29, 0.717) is 6.04 Å². The third-order valence-electron chi connectivity index (χ3n) is 3.33. The summed E-state index contributed by atoms with van der Waals surface area (Å²) in [5, 5.41) is 3.57. The van der Waals surface area contributed by atoms with Crippen LogP contribution >= 0.6 is 15.9 Å². The van der Waals surface area contributed by atoms with Crippen LogP contribution in [0.3, 0.4) is 0 Å². The van der Waals surface area contributed by atoms with Crippen molar-refractivity contribution < 1.29 is 4.74 Å². The van der Waals surface area contributed by atoms with Crippen LogP contribution in [0.15, 0.2) is 22.7 Å². The Morgan fingerprint density at radius 3 is 2.48 bits per heavy atom. The fourth-order valence-corrected chi connectivity index (χ4v) is 2.51. The van der Waals surface area contributed by atoms with E-state index in [2.05, 4.69) is 79.0 Å². The van der Waals surface area contributed by atoms with Crippen molar-refractivity contribution in [3.63, 3.8) is 0 Å². The van der Waals surface area contributed by atoms with E-state index in [4.69, 9.17) is 4.74 Å². The number of methoxy groups -OCH3 is 1. The molecule has 0 heterocycles. The molecule has 0 aliphatic carbocycles. The third-order valence-corrected chi connectivity index (χ3v) is 3.82. The minimum atomic E-state index is 0.111. The van der Waals surface area contributed by atoms with Crippen molar-refractivity contribution in [3.8, 4) is 0 Å². The van der Waals surface area contributed by atoms with Crippen LogP contribution in [-0.4, -0.2) is 31.8 Å². The highest BCUT2D eigenvalue weighted by molar-refractivity contribution is 9.10. The van der Waals surface area contributed by atoms with Gasteiger partial charge in [-0.3, -0.25) is 0 Å². The molecule has 0 aliphatic rings. The van der Waals surface area contributed by atoms with Crippen molar-refractivity contribution in [1.82, 2.24) is 5.32 Å². The molecule has 0 radical (unpaired) electrons. The van der Waals surface area contributed by atoms with Crippen molar-refractivity contribution in [2.75, 3.05) is 25.2 Å². The van der Waals surface area contributed by atoms with Crippen molar-refractivity contribution >= 4 is 21.6 Å². The highest BCUT2D eigenvalue weighted by Gasteiger charge is 2.16. The lowest BCUT2D eigenvalue weighted by Crippen LogP contribution is -2.37.